The Hall–Kier alpha value is -4.33. The van der Waals surface area contributed by atoms with Crippen LogP contribution >= 0.6 is 0 Å². The van der Waals surface area contributed by atoms with Gasteiger partial charge in [-0.15, -0.1) is 0 Å². The molecule has 34 heavy (non-hydrogen) atoms. The zero-order valence-corrected chi connectivity index (χ0v) is 18.2. The highest BCUT2D eigenvalue weighted by Gasteiger charge is 2.34. The molecule has 0 radical (unpaired) electrons. The Morgan fingerprint density at radius 2 is 1.76 bits per heavy atom. The first-order chi connectivity index (χ1) is 16.6. The second-order valence-electron chi connectivity index (χ2n) is 8.50. The van der Waals surface area contributed by atoms with Gasteiger partial charge in [0.25, 0.3) is 0 Å². The highest BCUT2D eigenvalue weighted by Crippen LogP contribution is 2.36. The maximum atomic E-state index is 13.8. The molecule has 166 valence electrons. The van der Waals surface area contributed by atoms with Gasteiger partial charge in [-0.2, -0.15) is 15.5 Å². The summed E-state index contributed by atoms with van der Waals surface area (Å²) >= 11 is 0. The van der Waals surface area contributed by atoms with E-state index in [1.165, 1.54) is 18.5 Å². The summed E-state index contributed by atoms with van der Waals surface area (Å²) in [6, 6.07) is 24.4. The van der Waals surface area contributed by atoms with Crippen molar-refractivity contribution in [1.82, 2.24) is 15.0 Å². The fraction of sp³-hybridized carbons (Fsp3) is 0.185. The lowest BCUT2D eigenvalue weighted by molar-refractivity contribution is 0.0688. The molecular formula is C27H20FN5O. The number of nitriles is 2. The highest BCUT2D eigenvalue weighted by molar-refractivity contribution is 5.56. The van der Waals surface area contributed by atoms with Gasteiger partial charge in [-0.1, -0.05) is 35.5 Å². The Morgan fingerprint density at radius 3 is 2.47 bits per heavy atom. The van der Waals surface area contributed by atoms with Gasteiger partial charge < -0.3 is 4.52 Å². The highest BCUT2D eigenvalue weighted by atomic mass is 19.1. The molecule has 1 atom stereocenters. The van der Waals surface area contributed by atoms with Crippen LogP contribution in [0.2, 0.25) is 0 Å². The normalized spacial score (nSPS) is 14.7. The third kappa shape index (κ3) is 4.43. The van der Waals surface area contributed by atoms with Gasteiger partial charge in [0.05, 0.1) is 29.3 Å². The molecule has 6 nitrogen and oxygen atoms in total. The number of hydrogen-bond acceptors (Lipinski definition) is 6. The summed E-state index contributed by atoms with van der Waals surface area (Å²) in [7, 11) is 0. The minimum atomic E-state index is -0.376. The van der Waals surface area contributed by atoms with Gasteiger partial charge in [0.2, 0.25) is 12.2 Å². The van der Waals surface area contributed by atoms with Crippen LogP contribution in [-0.4, -0.2) is 28.1 Å². The van der Waals surface area contributed by atoms with E-state index < -0.39 is 0 Å². The van der Waals surface area contributed by atoms with Gasteiger partial charge in [0, 0.05) is 18.7 Å². The molecule has 1 unspecified atom stereocenters. The standard InChI is InChI=1S/C27H20FN5O/c28-25-10-19(8-20(11-25)14-30)9-21-15-33(16-21)26(22-6-4-18(13-29)5-7-22)23-2-1-3-24(12-23)27-31-17-34-32-27/h1-8,10-12,17,21,26H,9,15-16H2. The van der Waals surface area contributed by atoms with Crippen molar-refractivity contribution in [2.45, 2.75) is 12.5 Å². The fourth-order valence-corrected chi connectivity index (χ4v) is 4.62. The first-order valence-corrected chi connectivity index (χ1v) is 10.9. The molecular weight excluding hydrogens is 429 g/mol. The van der Waals surface area contributed by atoms with Crippen LogP contribution in [0.4, 0.5) is 4.39 Å². The minimum Gasteiger partial charge on any atom is -0.342 e. The Kier molecular flexibility index (Phi) is 5.86. The lowest BCUT2D eigenvalue weighted by Gasteiger charge is -2.45. The molecule has 3 aromatic carbocycles. The van der Waals surface area contributed by atoms with Gasteiger partial charge in [0.1, 0.15) is 5.82 Å². The molecule has 0 N–H and O–H groups in total. The van der Waals surface area contributed by atoms with Crippen molar-refractivity contribution in [3.8, 4) is 23.5 Å². The summed E-state index contributed by atoms with van der Waals surface area (Å²) in [5, 5.41) is 22.3. The van der Waals surface area contributed by atoms with E-state index in [9.17, 15) is 9.65 Å². The maximum Gasteiger partial charge on any atom is 0.214 e. The van der Waals surface area contributed by atoms with Gasteiger partial charge in [0.15, 0.2) is 0 Å². The SMILES string of the molecule is N#Cc1ccc(C(c2cccc(-c3ncon3)c2)N2CC(Cc3cc(F)cc(C#N)c3)C2)cc1. The van der Waals surface area contributed by atoms with Crippen LogP contribution < -0.4 is 0 Å². The van der Waals surface area contributed by atoms with Gasteiger partial charge in [-0.25, -0.2) is 4.39 Å². The van der Waals surface area contributed by atoms with Gasteiger partial charge >= 0.3 is 0 Å². The molecule has 1 fully saturated rings. The third-order valence-electron chi connectivity index (χ3n) is 6.14. The van der Waals surface area contributed by atoms with Crippen LogP contribution in [0, 0.1) is 34.4 Å². The van der Waals surface area contributed by atoms with E-state index >= 15 is 0 Å². The van der Waals surface area contributed by atoms with Gasteiger partial charge in [-0.05, 0) is 65.4 Å². The molecule has 1 aromatic heterocycles. The topological polar surface area (TPSA) is 89.7 Å². The molecule has 7 heteroatoms. The number of rotatable bonds is 6. The molecule has 1 aliphatic rings. The van der Waals surface area contributed by atoms with Crippen molar-refractivity contribution in [3.05, 3.63) is 107 Å². The third-order valence-corrected chi connectivity index (χ3v) is 6.14. The van der Waals surface area contributed by atoms with E-state index in [0.29, 0.717) is 29.3 Å². The van der Waals surface area contributed by atoms with Crippen LogP contribution in [-0.2, 0) is 6.42 Å². The van der Waals surface area contributed by atoms with E-state index in [0.717, 1.165) is 35.3 Å². The summed E-state index contributed by atoms with van der Waals surface area (Å²) in [4.78, 5) is 6.53. The lowest BCUT2D eigenvalue weighted by atomic mass is 9.86. The second kappa shape index (κ2) is 9.27. The molecule has 2 heterocycles. The van der Waals surface area contributed by atoms with E-state index in [4.69, 9.17) is 9.78 Å². The summed E-state index contributed by atoms with van der Waals surface area (Å²) in [5.74, 6) is 0.509. The molecule has 0 amide bonds. The van der Waals surface area contributed by atoms with Crippen molar-refractivity contribution in [2.24, 2.45) is 5.92 Å². The van der Waals surface area contributed by atoms with Crippen LogP contribution in [0.5, 0.6) is 0 Å². The maximum absolute atomic E-state index is 13.8. The quantitative estimate of drug-likeness (QED) is 0.417. The number of hydrogen-bond donors (Lipinski definition) is 0. The van der Waals surface area contributed by atoms with Crippen molar-refractivity contribution in [2.75, 3.05) is 13.1 Å². The van der Waals surface area contributed by atoms with E-state index in [2.05, 4.69) is 33.2 Å². The molecule has 1 aliphatic heterocycles. The van der Waals surface area contributed by atoms with E-state index in [-0.39, 0.29) is 11.9 Å². The van der Waals surface area contributed by atoms with Crippen molar-refractivity contribution >= 4 is 0 Å². The Bertz CT molecular complexity index is 1380. The van der Waals surface area contributed by atoms with Crippen molar-refractivity contribution in [3.63, 3.8) is 0 Å². The van der Waals surface area contributed by atoms with Crippen LogP contribution in [0.1, 0.15) is 33.9 Å². The van der Waals surface area contributed by atoms with E-state index in [1.54, 1.807) is 6.07 Å². The summed E-state index contributed by atoms with van der Waals surface area (Å²) < 4.78 is 18.8. The Labute approximate surface area is 196 Å². The summed E-state index contributed by atoms with van der Waals surface area (Å²) in [6.45, 7) is 1.66. The Morgan fingerprint density at radius 1 is 0.971 bits per heavy atom. The number of benzene rings is 3. The van der Waals surface area contributed by atoms with E-state index in [1.807, 2.05) is 42.5 Å². The first kappa shape index (κ1) is 21.5. The summed E-state index contributed by atoms with van der Waals surface area (Å²) in [6.07, 6.45) is 2.02. The average Bonchev–Trinajstić information content (AvgIpc) is 3.38. The first-order valence-electron chi connectivity index (χ1n) is 10.9. The monoisotopic (exact) mass is 449 g/mol. The van der Waals surface area contributed by atoms with Crippen LogP contribution in [0.3, 0.4) is 0 Å². The number of nitrogens with zero attached hydrogens (tertiary/aromatic N) is 5. The minimum absolute atomic E-state index is 0.0157. The molecule has 0 spiro atoms. The molecule has 0 saturated carbocycles. The smallest absolute Gasteiger partial charge is 0.214 e. The zero-order chi connectivity index (χ0) is 23.5. The molecule has 4 aromatic rings. The van der Waals surface area contributed by atoms with Gasteiger partial charge in [-0.3, -0.25) is 4.90 Å². The largest absolute Gasteiger partial charge is 0.342 e. The molecule has 5 rings (SSSR count). The number of aromatic nitrogens is 2. The molecule has 0 aliphatic carbocycles. The lowest BCUT2D eigenvalue weighted by Crippen LogP contribution is -2.49. The Balaban J connectivity index is 1.40. The second-order valence-corrected chi connectivity index (χ2v) is 8.50. The molecule has 1 saturated heterocycles. The van der Waals surface area contributed by atoms with Crippen LogP contribution in [0.25, 0.3) is 11.4 Å². The number of likely N-dealkylation sites (tertiary alicyclic amines) is 1. The molecule has 0 bridgehead atoms. The average molecular weight is 449 g/mol. The number of halogens is 1. The summed E-state index contributed by atoms with van der Waals surface area (Å²) in [5.41, 5.74) is 4.84. The predicted molar refractivity (Wildman–Crippen MR) is 123 cm³/mol. The zero-order valence-electron chi connectivity index (χ0n) is 18.2. The van der Waals surface area contributed by atoms with Crippen molar-refractivity contribution < 1.29 is 8.91 Å². The predicted octanol–water partition coefficient (Wildman–Crippen LogP) is 4.88. The fourth-order valence-electron chi connectivity index (χ4n) is 4.62. The van der Waals surface area contributed by atoms with Crippen LogP contribution in [0.15, 0.2) is 77.6 Å². The van der Waals surface area contributed by atoms with Crippen molar-refractivity contribution in [1.29, 1.82) is 10.5 Å².